The molecule has 21 heavy (non-hydrogen) atoms. The average Bonchev–Trinajstić information content (AvgIpc) is 2.53. The van der Waals surface area contributed by atoms with Crippen molar-refractivity contribution in [3.8, 4) is 0 Å². The number of piperazine rings is 1. The van der Waals surface area contributed by atoms with Gasteiger partial charge in [-0.3, -0.25) is 9.69 Å². The molecule has 0 atom stereocenters. The van der Waals surface area contributed by atoms with Gasteiger partial charge in [0.1, 0.15) is 5.69 Å². The average molecular weight is 293 g/mol. The highest BCUT2D eigenvalue weighted by atomic mass is 16.2. The first-order valence-corrected chi connectivity index (χ1v) is 7.05. The van der Waals surface area contributed by atoms with E-state index in [4.69, 9.17) is 5.84 Å². The van der Waals surface area contributed by atoms with Gasteiger partial charge in [-0.15, -0.1) is 0 Å². The Morgan fingerprint density at radius 1 is 1.29 bits per heavy atom. The topological polar surface area (TPSA) is 90.6 Å². The summed E-state index contributed by atoms with van der Waals surface area (Å²) in [6, 6.07) is 0. The van der Waals surface area contributed by atoms with E-state index in [0.29, 0.717) is 11.5 Å². The Morgan fingerprint density at radius 3 is 2.52 bits per heavy atom. The van der Waals surface area contributed by atoms with E-state index in [-0.39, 0.29) is 5.91 Å². The summed E-state index contributed by atoms with van der Waals surface area (Å²) in [7, 11) is 4.14. The zero-order chi connectivity index (χ0) is 15.2. The number of hydrazine groups is 1. The lowest BCUT2D eigenvalue weighted by Crippen LogP contribution is -2.50. The fourth-order valence-electron chi connectivity index (χ4n) is 2.19. The van der Waals surface area contributed by atoms with Crippen LogP contribution in [0.3, 0.4) is 0 Å². The third kappa shape index (κ3) is 4.35. The van der Waals surface area contributed by atoms with Gasteiger partial charge in [0.15, 0.2) is 5.82 Å². The summed E-state index contributed by atoms with van der Waals surface area (Å²) in [5, 5.41) is 0. The molecule has 2 heterocycles. The number of carbonyl (C=O) groups is 1. The molecule has 8 heteroatoms. The van der Waals surface area contributed by atoms with Gasteiger partial charge in [0.25, 0.3) is 5.91 Å². The van der Waals surface area contributed by atoms with Crippen molar-refractivity contribution in [2.24, 2.45) is 5.84 Å². The van der Waals surface area contributed by atoms with E-state index in [0.717, 1.165) is 39.3 Å². The van der Waals surface area contributed by atoms with Crippen LogP contribution in [0.15, 0.2) is 12.4 Å². The Labute approximate surface area is 124 Å². The molecule has 1 aliphatic rings. The third-order valence-electron chi connectivity index (χ3n) is 3.54. The molecule has 1 fully saturated rings. The lowest BCUT2D eigenvalue weighted by Gasteiger charge is -2.35. The molecule has 116 valence electrons. The molecule has 1 aromatic rings. The van der Waals surface area contributed by atoms with Crippen LogP contribution in [0, 0.1) is 0 Å². The van der Waals surface area contributed by atoms with Crippen LogP contribution in [0.2, 0.25) is 0 Å². The predicted molar refractivity (Wildman–Crippen MR) is 80.7 cm³/mol. The molecule has 0 bridgehead atoms. The molecule has 0 saturated carbocycles. The SMILES string of the molecule is CN(C)CCN1CCN(C(=O)c2cnc(NN)cn2)CC1. The molecular formula is C13H23N7O. The van der Waals surface area contributed by atoms with Crippen molar-refractivity contribution in [1.29, 1.82) is 0 Å². The van der Waals surface area contributed by atoms with Crippen LogP contribution >= 0.6 is 0 Å². The van der Waals surface area contributed by atoms with Gasteiger partial charge in [0.05, 0.1) is 12.4 Å². The summed E-state index contributed by atoms with van der Waals surface area (Å²) >= 11 is 0. The Kier molecular flexibility index (Phi) is 5.43. The number of nitrogens with two attached hydrogens (primary N) is 1. The Balaban J connectivity index is 1.84. The summed E-state index contributed by atoms with van der Waals surface area (Å²) in [6.07, 6.45) is 2.91. The highest BCUT2D eigenvalue weighted by Gasteiger charge is 2.22. The molecular weight excluding hydrogens is 270 g/mol. The van der Waals surface area contributed by atoms with E-state index in [1.54, 1.807) is 0 Å². The van der Waals surface area contributed by atoms with Crippen molar-refractivity contribution in [2.75, 3.05) is 58.8 Å². The number of anilines is 1. The van der Waals surface area contributed by atoms with E-state index in [2.05, 4.69) is 39.3 Å². The van der Waals surface area contributed by atoms with E-state index in [1.807, 2.05) is 4.90 Å². The molecule has 2 rings (SSSR count). The van der Waals surface area contributed by atoms with Crippen molar-refractivity contribution in [2.45, 2.75) is 0 Å². The predicted octanol–water partition coefficient (Wildman–Crippen LogP) is -0.918. The first kappa shape index (κ1) is 15.6. The van der Waals surface area contributed by atoms with Crippen LogP contribution in [0.4, 0.5) is 5.82 Å². The van der Waals surface area contributed by atoms with Gasteiger partial charge in [-0.25, -0.2) is 15.8 Å². The minimum atomic E-state index is -0.0710. The number of hydrogen-bond donors (Lipinski definition) is 2. The van der Waals surface area contributed by atoms with E-state index < -0.39 is 0 Å². The number of nitrogens with zero attached hydrogens (tertiary/aromatic N) is 5. The number of nitrogen functional groups attached to an aromatic ring is 1. The molecule has 0 spiro atoms. The van der Waals surface area contributed by atoms with E-state index >= 15 is 0 Å². The third-order valence-corrected chi connectivity index (χ3v) is 3.54. The van der Waals surface area contributed by atoms with Gasteiger partial charge in [-0.1, -0.05) is 0 Å². The number of amides is 1. The first-order chi connectivity index (χ1) is 10.1. The molecule has 8 nitrogen and oxygen atoms in total. The summed E-state index contributed by atoms with van der Waals surface area (Å²) < 4.78 is 0. The standard InChI is InChI=1S/C13H23N7O/c1-18(2)3-4-19-5-7-20(8-6-19)13(21)11-9-16-12(17-14)10-15-11/h9-10H,3-8,14H2,1-2H3,(H,16,17). The van der Waals surface area contributed by atoms with Crippen molar-refractivity contribution in [1.82, 2.24) is 24.7 Å². The van der Waals surface area contributed by atoms with Crippen LogP contribution in [0.1, 0.15) is 10.5 Å². The van der Waals surface area contributed by atoms with Crippen molar-refractivity contribution in [3.63, 3.8) is 0 Å². The quantitative estimate of drug-likeness (QED) is 0.536. The first-order valence-electron chi connectivity index (χ1n) is 7.05. The fraction of sp³-hybridized carbons (Fsp3) is 0.615. The minimum Gasteiger partial charge on any atom is -0.335 e. The zero-order valence-corrected chi connectivity index (χ0v) is 12.6. The lowest BCUT2D eigenvalue weighted by atomic mass is 10.2. The molecule has 1 saturated heterocycles. The number of carbonyl (C=O) groups excluding carboxylic acids is 1. The van der Waals surface area contributed by atoms with Gasteiger partial charge in [-0.2, -0.15) is 0 Å². The van der Waals surface area contributed by atoms with Gasteiger partial charge in [0.2, 0.25) is 0 Å². The monoisotopic (exact) mass is 293 g/mol. The molecule has 1 amide bonds. The second kappa shape index (κ2) is 7.30. The second-order valence-electron chi connectivity index (χ2n) is 5.37. The highest BCUT2D eigenvalue weighted by molar-refractivity contribution is 5.92. The zero-order valence-electron chi connectivity index (χ0n) is 12.6. The Hall–Kier alpha value is -1.77. The van der Waals surface area contributed by atoms with Crippen LogP contribution in [-0.2, 0) is 0 Å². The smallest absolute Gasteiger partial charge is 0.274 e. The maximum absolute atomic E-state index is 12.3. The van der Waals surface area contributed by atoms with Crippen LogP contribution < -0.4 is 11.3 Å². The Morgan fingerprint density at radius 2 is 2.00 bits per heavy atom. The molecule has 0 radical (unpaired) electrons. The van der Waals surface area contributed by atoms with Crippen molar-refractivity contribution in [3.05, 3.63) is 18.1 Å². The lowest BCUT2D eigenvalue weighted by molar-refractivity contribution is 0.0623. The van der Waals surface area contributed by atoms with Crippen LogP contribution in [0.5, 0.6) is 0 Å². The summed E-state index contributed by atoms with van der Waals surface area (Å²) in [5.74, 6) is 5.60. The minimum absolute atomic E-state index is 0.0710. The van der Waals surface area contributed by atoms with Gasteiger partial charge in [-0.05, 0) is 14.1 Å². The van der Waals surface area contributed by atoms with Gasteiger partial charge in [0, 0.05) is 39.3 Å². The Bertz CT molecular complexity index is 454. The second-order valence-corrected chi connectivity index (χ2v) is 5.37. The van der Waals surface area contributed by atoms with E-state index in [9.17, 15) is 4.79 Å². The molecule has 1 aliphatic heterocycles. The molecule has 3 N–H and O–H groups in total. The molecule has 0 aromatic carbocycles. The number of nitrogens with one attached hydrogen (secondary N) is 1. The maximum atomic E-state index is 12.3. The fourth-order valence-corrected chi connectivity index (χ4v) is 2.19. The van der Waals surface area contributed by atoms with Crippen LogP contribution in [0.25, 0.3) is 0 Å². The number of hydrogen-bond acceptors (Lipinski definition) is 7. The van der Waals surface area contributed by atoms with Gasteiger partial charge < -0.3 is 15.2 Å². The molecule has 0 unspecified atom stereocenters. The highest BCUT2D eigenvalue weighted by Crippen LogP contribution is 2.07. The van der Waals surface area contributed by atoms with Crippen molar-refractivity contribution < 1.29 is 4.79 Å². The number of rotatable bonds is 5. The maximum Gasteiger partial charge on any atom is 0.274 e. The summed E-state index contributed by atoms with van der Waals surface area (Å²) in [6.45, 7) is 5.32. The largest absolute Gasteiger partial charge is 0.335 e. The normalized spacial score (nSPS) is 16.3. The van der Waals surface area contributed by atoms with E-state index in [1.165, 1.54) is 12.4 Å². The number of aromatic nitrogens is 2. The number of likely N-dealkylation sites (N-methyl/N-ethyl adjacent to an activating group) is 1. The molecule has 1 aromatic heterocycles. The van der Waals surface area contributed by atoms with Gasteiger partial charge >= 0.3 is 0 Å². The van der Waals surface area contributed by atoms with Crippen LogP contribution in [-0.4, -0.2) is 83.9 Å². The van der Waals surface area contributed by atoms with Crippen molar-refractivity contribution >= 4 is 11.7 Å². The molecule has 0 aliphatic carbocycles. The summed E-state index contributed by atoms with van der Waals surface area (Å²) in [4.78, 5) is 26.8. The summed E-state index contributed by atoms with van der Waals surface area (Å²) in [5.41, 5.74) is 2.75.